The highest BCUT2D eigenvalue weighted by atomic mass is 127. The number of benzene rings is 1. The molecule has 0 atom stereocenters. The Bertz CT molecular complexity index is 1050. The SMILES string of the molecule is CC(C)c1nn(CC(=O)Nc2ncccn2)c(=O)cc1-c1cc(F)cc(I)c1. The maximum atomic E-state index is 13.8. The molecule has 0 radical (unpaired) electrons. The molecule has 2 heterocycles. The van der Waals surface area contributed by atoms with Crippen LogP contribution >= 0.6 is 22.6 Å². The summed E-state index contributed by atoms with van der Waals surface area (Å²) in [5, 5.41) is 6.88. The van der Waals surface area contributed by atoms with Crippen LogP contribution in [-0.4, -0.2) is 25.7 Å². The average molecular weight is 493 g/mol. The van der Waals surface area contributed by atoms with Crippen molar-refractivity contribution in [3.8, 4) is 11.1 Å². The molecule has 3 rings (SSSR count). The number of anilines is 1. The fraction of sp³-hybridized carbons (Fsp3) is 0.211. The van der Waals surface area contributed by atoms with E-state index >= 15 is 0 Å². The van der Waals surface area contributed by atoms with Gasteiger partial charge < -0.3 is 0 Å². The van der Waals surface area contributed by atoms with Crippen molar-refractivity contribution in [3.05, 3.63) is 68.2 Å². The highest BCUT2D eigenvalue weighted by molar-refractivity contribution is 14.1. The van der Waals surface area contributed by atoms with Crippen LogP contribution in [0.25, 0.3) is 11.1 Å². The summed E-state index contributed by atoms with van der Waals surface area (Å²) in [5.74, 6) is -0.745. The maximum absolute atomic E-state index is 13.8. The fourth-order valence-corrected chi connectivity index (χ4v) is 3.28. The molecular weight excluding hydrogens is 476 g/mol. The van der Waals surface area contributed by atoms with Crippen molar-refractivity contribution in [1.82, 2.24) is 19.7 Å². The fourth-order valence-electron chi connectivity index (χ4n) is 2.65. The number of nitrogens with zero attached hydrogens (tertiary/aromatic N) is 4. The Morgan fingerprint density at radius 2 is 1.93 bits per heavy atom. The number of nitrogens with one attached hydrogen (secondary N) is 1. The topological polar surface area (TPSA) is 89.8 Å². The zero-order valence-corrected chi connectivity index (χ0v) is 17.3. The minimum Gasteiger partial charge on any atom is -0.293 e. The average Bonchev–Trinajstić information content (AvgIpc) is 2.63. The molecule has 144 valence electrons. The molecule has 0 fully saturated rings. The number of rotatable bonds is 5. The van der Waals surface area contributed by atoms with Crippen LogP contribution in [0.2, 0.25) is 0 Å². The molecule has 7 nitrogen and oxygen atoms in total. The number of amides is 1. The van der Waals surface area contributed by atoms with E-state index in [1.54, 1.807) is 12.1 Å². The van der Waals surface area contributed by atoms with Gasteiger partial charge in [0.05, 0.1) is 5.69 Å². The zero-order chi connectivity index (χ0) is 20.3. The minimum absolute atomic E-state index is 0.0386. The third-order valence-electron chi connectivity index (χ3n) is 3.86. The summed E-state index contributed by atoms with van der Waals surface area (Å²) in [7, 11) is 0. The Kier molecular flexibility index (Phi) is 6.12. The number of carbonyl (C=O) groups excluding carboxylic acids is 1. The van der Waals surface area contributed by atoms with E-state index in [4.69, 9.17) is 0 Å². The molecule has 0 aliphatic carbocycles. The molecule has 2 aromatic heterocycles. The lowest BCUT2D eigenvalue weighted by Gasteiger charge is -2.15. The summed E-state index contributed by atoms with van der Waals surface area (Å²) in [6, 6.07) is 7.58. The predicted molar refractivity (Wildman–Crippen MR) is 111 cm³/mol. The Balaban J connectivity index is 1.95. The van der Waals surface area contributed by atoms with E-state index in [9.17, 15) is 14.0 Å². The highest BCUT2D eigenvalue weighted by Crippen LogP contribution is 2.28. The Morgan fingerprint density at radius 1 is 1.21 bits per heavy atom. The van der Waals surface area contributed by atoms with Crippen molar-refractivity contribution in [2.75, 3.05) is 5.32 Å². The molecule has 1 amide bonds. The molecule has 0 spiro atoms. The second-order valence-electron chi connectivity index (χ2n) is 6.37. The van der Waals surface area contributed by atoms with Crippen LogP contribution in [0.15, 0.2) is 47.5 Å². The molecule has 3 aromatic rings. The lowest BCUT2D eigenvalue weighted by atomic mass is 9.98. The van der Waals surface area contributed by atoms with Crippen molar-refractivity contribution in [3.63, 3.8) is 0 Å². The summed E-state index contributed by atoms with van der Waals surface area (Å²) < 4.78 is 15.6. The minimum atomic E-state index is -0.469. The van der Waals surface area contributed by atoms with Crippen molar-refractivity contribution in [1.29, 1.82) is 0 Å². The van der Waals surface area contributed by atoms with Gasteiger partial charge in [-0.1, -0.05) is 13.8 Å². The van der Waals surface area contributed by atoms with Gasteiger partial charge in [0.1, 0.15) is 12.4 Å². The standard InChI is InChI=1S/C19H17FIN5O2/c1-11(2)18-15(12-6-13(20)8-14(21)7-12)9-17(28)26(25-18)10-16(27)24-19-22-4-3-5-23-19/h3-9,11H,10H2,1-2H3,(H,22,23,24,27). The number of hydrogen-bond acceptors (Lipinski definition) is 5. The van der Waals surface area contributed by atoms with Gasteiger partial charge in [-0.3, -0.25) is 14.9 Å². The van der Waals surface area contributed by atoms with Crippen molar-refractivity contribution in [2.24, 2.45) is 0 Å². The molecule has 28 heavy (non-hydrogen) atoms. The second kappa shape index (κ2) is 8.55. The molecule has 0 saturated carbocycles. The van der Waals surface area contributed by atoms with Gasteiger partial charge in [0.25, 0.3) is 5.56 Å². The molecule has 0 unspecified atom stereocenters. The molecule has 9 heteroatoms. The third-order valence-corrected chi connectivity index (χ3v) is 4.48. The van der Waals surface area contributed by atoms with E-state index in [0.717, 1.165) is 4.68 Å². The van der Waals surface area contributed by atoms with E-state index in [2.05, 4.69) is 20.4 Å². The highest BCUT2D eigenvalue weighted by Gasteiger charge is 2.17. The number of hydrogen-bond donors (Lipinski definition) is 1. The van der Waals surface area contributed by atoms with Gasteiger partial charge in [-0.25, -0.2) is 19.0 Å². The molecular formula is C19H17FIN5O2. The molecule has 0 saturated heterocycles. The Labute approximate surface area is 174 Å². The van der Waals surface area contributed by atoms with Crippen LogP contribution in [0.4, 0.5) is 10.3 Å². The van der Waals surface area contributed by atoms with E-state index < -0.39 is 11.5 Å². The lowest BCUT2D eigenvalue weighted by Crippen LogP contribution is -2.31. The number of carbonyl (C=O) groups is 1. The molecule has 0 aliphatic heterocycles. The van der Waals surface area contributed by atoms with E-state index in [-0.39, 0.29) is 24.2 Å². The summed E-state index contributed by atoms with van der Waals surface area (Å²) in [6.45, 7) is 3.56. The van der Waals surface area contributed by atoms with Crippen LogP contribution in [-0.2, 0) is 11.3 Å². The second-order valence-corrected chi connectivity index (χ2v) is 7.62. The van der Waals surface area contributed by atoms with Gasteiger partial charge in [0.15, 0.2) is 0 Å². The van der Waals surface area contributed by atoms with Crippen LogP contribution in [0, 0.1) is 9.39 Å². The van der Waals surface area contributed by atoms with Gasteiger partial charge in [0, 0.05) is 27.6 Å². The van der Waals surface area contributed by atoms with Crippen molar-refractivity contribution in [2.45, 2.75) is 26.3 Å². The zero-order valence-electron chi connectivity index (χ0n) is 15.2. The van der Waals surface area contributed by atoms with Crippen LogP contribution < -0.4 is 10.9 Å². The summed E-state index contributed by atoms with van der Waals surface area (Å²) in [6.07, 6.45) is 3.00. The first kappa shape index (κ1) is 20.1. The van der Waals surface area contributed by atoms with Crippen molar-refractivity contribution >= 4 is 34.4 Å². The molecule has 0 aliphatic rings. The molecule has 1 aromatic carbocycles. The van der Waals surface area contributed by atoms with Crippen molar-refractivity contribution < 1.29 is 9.18 Å². The maximum Gasteiger partial charge on any atom is 0.267 e. The monoisotopic (exact) mass is 493 g/mol. The van der Waals surface area contributed by atoms with Gasteiger partial charge in [-0.15, -0.1) is 0 Å². The first-order chi connectivity index (χ1) is 13.3. The van der Waals surface area contributed by atoms with Crippen LogP contribution in [0.5, 0.6) is 0 Å². The first-order valence-corrected chi connectivity index (χ1v) is 9.57. The molecule has 0 bridgehead atoms. The van der Waals surface area contributed by atoms with Crippen LogP contribution in [0.1, 0.15) is 25.5 Å². The Morgan fingerprint density at radius 3 is 2.57 bits per heavy atom. The summed E-state index contributed by atoms with van der Waals surface area (Å²) >= 11 is 2.02. The van der Waals surface area contributed by atoms with Gasteiger partial charge in [-0.05, 0) is 58.3 Å². The number of halogens is 2. The molecule has 1 N–H and O–H groups in total. The number of aromatic nitrogens is 4. The van der Waals surface area contributed by atoms with Gasteiger partial charge in [0.2, 0.25) is 11.9 Å². The normalized spacial score (nSPS) is 10.9. The van der Waals surface area contributed by atoms with E-state index in [1.807, 2.05) is 36.4 Å². The first-order valence-electron chi connectivity index (χ1n) is 8.49. The van der Waals surface area contributed by atoms with E-state index in [0.29, 0.717) is 20.4 Å². The quantitative estimate of drug-likeness (QED) is 0.552. The summed E-state index contributed by atoms with van der Waals surface area (Å²) in [5.41, 5.74) is 1.28. The van der Waals surface area contributed by atoms with Crippen LogP contribution in [0.3, 0.4) is 0 Å². The Hall–Kier alpha value is -2.69. The van der Waals surface area contributed by atoms with Gasteiger partial charge >= 0.3 is 0 Å². The largest absolute Gasteiger partial charge is 0.293 e. The van der Waals surface area contributed by atoms with E-state index in [1.165, 1.54) is 30.6 Å². The smallest absolute Gasteiger partial charge is 0.267 e. The third kappa shape index (κ3) is 4.77. The summed E-state index contributed by atoms with van der Waals surface area (Å²) in [4.78, 5) is 32.6. The van der Waals surface area contributed by atoms with Gasteiger partial charge in [-0.2, -0.15) is 5.10 Å². The predicted octanol–water partition coefficient (Wildman–Crippen LogP) is 3.21. The lowest BCUT2D eigenvalue weighted by molar-refractivity contribution is -0.117.